The van der Waals surface area contributed by atoms with Crippen LogP contribution in [0.5, 0.6) is 0 Å². The van der Waals surface area contributed by atoms with E-state index < -0.39 is 0 Å². The third-order valence-corrected chi connectivity index (χ3v) is 4.91. The van der Waals surface area contributed by atoms with Crippen LogP contribution in [0.15, 0.2) is 23.1 Å². The standard InChI is InChI=1S/C17H27N3O2S/c1-12-5-6-15(23-4)9-16(12)18-17(22)20-8-7-19(10-13(20)2)11-14(3)21/h5-6,9,13-14,21H,7-8,10-11H2,1-4H3,(H,18,22)/t13-,14+/m0/s1. The second-order valence-corrected chi connectivity index (χ2v) is 7.14. The first-order valence-electron chi connectivity index (χ1n) is 8.03. The van der Waals surface area contributed by atoms with Crippen LogP contribution < -0.4 is 5.32 Å². The fourth-order valence-electron chi connectivity index (χ4n) is 2.92. The van der Waals surface area contributed by atoms with E-state index in [1.54, 1.807) is 18.7 Å². The lowest BCUT2D eigenvalue weighted by molar-refractivity contribution is 0.0692. The summed E-state index contributed by atoms with van der Waals surface area (Å²) in [5.41, 5.74) is 1.94. The molecule has 2 N–H and O–H groups in total. The van der Waals surface area contributed by atoms with Crippen LogP contribution in [0.2, 0.25) is 0 Å². The lowest BCUT2D eigenvalue weighted by Crippen LogP contribution is -2.56. The molecule has 0 aliphatic carbocycles. The molecule has 2 rings (SSSR count). The Labute approximate surface area is 143 Å². The van der Waals surface area contributed by atoms with Crippen LogP contribution in [0.3, 0.4) is 0 Å². The minimum absolute atomic E-state index is 0.0458. The van der Waals surface area contributed by atoms with Gasteiger partial charge in [-0.2, -0.15) is 0 Å². The van der Waals surface area contributed by atoms with Crippen molar-refractivity contribution in [2.45, 2.75) is 37.8 Å². The van der Waals surface area contributed by atoms with Gasteiger partial charge in [0.2, 0.25) is 0 Å². The molecule has 0 unspecified atom stereocenters. The van der Waals surface area contributed by atoms with Gasteiger partial charge in [0.1, 0.15) is 0 Å². The van der Waals surface area contributed by atoms with Gasteiger partial charge in [-0.15, -0.1) is 11.8 Å². The molecule has 1 fully saturated rings. The highest BCUT2D eigenvalue weighted by Gasteiger charge is 2.28. The van der Waals surface area contributed by atoms with Crippen LogP contribution in [0.4, 0.5) is 10.5 Å². The number of carbonyl (C=O) groups is 1. The van der Waals surface area contributed by atoms with Crippen LogP contribution in [-0.2, 0) is 0 Å². The average molecular weight is 337 g/mol. The van der Waals surface area contributed by atoms with Crippen molar-refractivity contribution < 1.29 is 9.90 Å². The zero-order chi connectivity index (χ0) is 17.0. The average Bonchev–Trinajstić information content (AvgIpc) is 2.48. The molecule has 2 amide bonds. The number of aliphatic hydroxyl groups excluding tert-OH is 1. The Kier molecular flexibility index (Phi) is 6.33. The Morgan fingerprint density at radius 2 is 2.22 bits per heavy atom. The number of aliphatic hydroxyl groups is 1. The number of carbonyl (C=O) groups excluding carboxylic acids is 1. The summed E-state index contributed by atoms with van der Waals surface area (Å²) in [4.78, 5) is 17.8. The summed E-state index contributed by atoms with van der Waals surface area (Å²) in [7, 11) is 0. The van der Waals surface area contributed by atoms with E-state index in [0.29, 0.717) is 13.1 Å². The molecular formula is C17H27N3O2S. The van der Waals surface area contributed by atoms with Crippen molar-refractivity contribution in [2.24, 2.45) is 0 Å². The molecule has 1 heterocycles. The number of anilines is 1. The molecule has 5 nitrogen and oxygen atoms in total. The fourth-order valence-corrected chi connectivity index (χ4v) is 3.36. The zero-order valence-corrected chi connectivity index (χ0v) is 15.2. The van der Waals surface area contributed by atoms with Crippen LogP contribution in [0.25, 0.3) is 0 Å². The predicted octanol–water partition coefficient (Wildman–Crippen LogP) is 2.64. The van der Waals surface area contributed by atoms with Gasteiger partial charge in [-0.1, -0.05) is 6.07 Å². The summed E-state index contributed by atoms with van der Waals surface area (Å²) in [6, 6.07) is 6.20. The highest BCUT2D eigenvalue weighted by atomic mass is 32.2. The lowest BCUT2D eigenvalue weighted by Gasteiger charge is -2.40. The fraction of sp³-hybridized carbons (Fsp3) is 0.588. The number of aryl methyl sites for hydroxylation is 1. The van der Waals surface area contributed by atoms with Gasteiger partial charge in [0, 0.05) is 42.8 Å². The van der Waals surface area contributed by atoms with Gasteiger partial charge in [-0.05, 0) is 44.7 Å². The molecule has 1 aromatic rings. The number of β-amino-alcohol motifs (C(OH)–C–C–N with tert-alkyl or cyclic N) is 1. The smallest absolute Gasteiger partial charge is 0.322 e. The number of urea groups is 1. The summed E-state index contributed by atoms with van der Waals surface area (Å²) in [5.74, 6) is 0. The van der Waals surface area contributed by atoms with E-state index in [1.807, 2.05) is 30.2 Å². The van der Waals surface area contributed by atoms with E-state index in [9.17, 15) is 9.90 Å². The molecule has 0 bridgehead atoms. The summed E-state index contributed by atoms with van der Waals surface area (Å²) in [6.45, 7) is 8.79. The van der Waals surface area contributed by atoms with Crippen LogP contribution in [0, 0.1) is 6.92 Å². The van der Waals surface area contributed by atoms with E-state index in [4.69, 9.17) is 0 Å². The molecular weight excluding hydrogens is 310 g/mol. The summed E-state index contributed by atoms with van der Waals surface area (Å²) >= 11 is 1.67. The Morgan fingerprint density at radius 3 is 2.83 bits per heavy atom. The molecule has 0 spiro atoms. The highest BCUT2D eigenvalue weighted by Crippen LogP contribution is 2.23. The van der Waals surface area contributed by atoms with E-state index in [0.717, 1.165) is 29.2 Å². The monoisotopic (exact) mass is 337 g/mol. The maximum atomic E-state index is 12.6. The van der Waals surface area contributed by atoms with Crippen LogP contribution >= 0.6 is 11.8 Å². The SMILES string of the molecule is CSc1ccc(C)c(NC(=O)N2CCN(C[C@@H](C)O)C[C@@H]2C)c1. The van der Waals surface area contributed by atoms with E-state index in [2.05, 4.69) is 23.2 Å². The minimum atomic E-state index is -0.334. The van der Waals surface area contributed by atoms with Gasteiger partial charge in [0.15, 0.2) is 0 Å². The van der Waals surface area contributed by atoms with Gasteiger partial charge in [0.05, 0.1) is 6.10 Å². The second kappa shape index (κ2) is 8.04. The van der Waals surface area contributed by atoms with Gasteiger partial charge in [-0.25, -0.2) is 4.79 Å². The van der Waals surface area contributed by atoms with Crippen molar-refractivity contribution in [3.63, 3.8) is 0 Å². The molecule has 1 aromatic carbocycles. The summed E-state index contributed by atoms with van der Waals surface area (Å²) in [5, 5.41) is 12.6. The summed E-state index contributed by atoms with van der Waals surface area (Å²) < 4.78 is 0. The van der Waals surface area contributed by atoms with E-state index in [-0.39, 0.29) is 18.2 Å². The Balaban J connectivity index is 1.99. The number of piperazine rings is 1. The number of rotatable bonds is 4. The normalized spacial score (nSPS) is 20.4. The molecule has 2 atom stereocenters. The molecule has 1 saturated heterocycles. The van der Waals surface area contributed by atoms with Gasteiger partial charge < -0.3 is 15.3 Å². The number of nitrogens with zero attached hydrogens (tertiary/aromatic N) is 2. The molecule has 1 aliphatic rings. The minimum Gasteiger partial charge on any atom is -0.392 e. The molecule has 6 heteroatoms. The molecule has 0 aromatic heterocycles. The first kappa shape index (κ1) is 18.1. The lowest BCUT2D eigenvalue weighted by atomic mass is 10.1. The first-order chi connectivity index (χ1) is 10.9. The number of amides is 2. The van der Waals surface area contributed by atoms with Crippen molar-refractivity contribution >= 4 is 23.5 Å². The molecule has 1 aliphatic heterocycles. The largest absolute Gasteiger partial charge is 0.392 e. The highest BCUT2D eigenvalue weighted by molar-refractivity contribution is 7.98. The van der Waals surface area contributed by atoms with Gasteiger partial charge in [0.25, 0.3) is 0 Å². The maximum absolute atomic E-state index is 12.6. The molecule has 128 valence electrons. The quantitative estimate of drug-likeness (QED) is 0.830. The van der Waals surface area contributed by atoms with Crippen molar-refractivity contribution in [3.05, 3.63) is 23.8 Å². The molecule has 23 heavy (non-hydrogen) atoms. The Morgan fingerprint density at radius 1 is 1.48 bits per heavy atom. The second-order valence-electron chi connectivity index (χ2n) is 6.26. The van der Waals surface area contributed by atoms with Crippen LogP contribution in [-0.4, -0.2) is 65.5 Å². The predicted molar refractivity (Wildman–Crippen MR) is 96.3 cm³/mol. The van der Waals surface area contributed by atoms with Crippen LogP contribution in [0.1, 0.15) is 19.4 Å². The third kappa shape index (κ3) is 4.86. The zero-order valence-electron chi connectivity index (χ0n) is 14.4. The van der Waals surface area contributed by atoms with Gasteiger partial charge >= 0.3 is 6.03 Å². The first-order valence-corrected chi connectivity index (χ1v) is 9.26. The Hall–Kier alpha value is -1.24. The maximum Gasteiger partial charge on any atom is 0.322 e. The number of nitrogens with one attached hydrogen (secondary N) is 1. The van der Waals surface area contributed by atoms with Gasteiger partial charge in [-0.3, -0.25) is 4.90 Å². The molecule has 0 radical (unpaired) electrons. The number of thioether (sulfide) groups is 1. The van der Waals surface area contributed by atoms with Crippen molar-refractivity contribution in [2.75, 3.05) is 37.8 Å². The van der Waals surface area contributed by atoms with Crippen molar-refractivity contribution in [3.8, 4) is 0 Å². The molecule has 0 saturated carbocycles. The topological polar surface area (TPSA) is 55.8 Å². The number of hydrogen-bond acceptors (Lipinski definition) is 4. The van der Waals surface area contributed by atoms with E-state index >= 15 is 0 Å². The number of benzene rings is 1. The van der Waals surface area contributed by atoms with Crippen molar-refractivity contribution in [1.29, 1.82) is 0 Å². The van der Waals surface area contributed by atoms with Crippen molar-refractivity contribution in [1.82, 2.24) is 9.80 Å². The number of hydrogen-bond donors (Lipinski definition) is 2. The Bertz CT molecular complexity index is 551. The van der Waals surface area contributed by atoms with E-state index in [1.165, 1.54) is 0 Å². The third-order valence-electron chi connectivity index (χ3n) is 4.18. The summed E-state index contributed by atoms with van der Waals surface area (Å²) in [6.07, 6.45) is 1.69.